The lowest BCUT2D eigenvalue weighted by Gasteiger charge is -2.16. The van der Waals surface area contributed by atoms with Gasteiger partial charge in [0.1, 0.15) is 11.6 Å². The van der Waals surface area contributed by atoms with E-state index in [2.05, 4.69) is 5.32 Å². The number of methoxy groups -OCH3 is 1. The minimum Gasteiger partial charge on any atom is -0.465 e. The number of hydrogen-bond donors (Lipinski definition) is 2. The van der Waals surface area contributed by atoms with Crippen molar-refractivity contribution in [2.75, 3.05) is 12.8 Å². The summed E-state index contributed by atoms with van der Waals surface area (Å²) < 4.78 is 25.3. The maximum absolute atomic E-state index is 14.0. The fraction of sp³-hybridized carbons (Fsp3) is 0.0526. The van der Waals surface area contributed by atoms with Crippen molar-refractivity contribution in [1.82, 2.24) is 9.88 Å². The number of nitrogens with zero attached hydrogens (tertiary/aromatic N) is 1. The van der Waals surface area contributed by atoms with E-state index in [1.807, 2.05) is 0 Å². The molecule has 2 amide bonds. The third-order valence-corrected chi connectivity index (χ3v) is 5.21. The zero-order chi connectivity index (χ0) is 21.6. The highest BCUT2D eigenvalue weighted by atomic mass is 32.1. The van der Waals surface area contributed by atoms with Gasteiger partial charge < -0.3 is 15.2 Å². The number of imide groups is 1. The van der Waals surface area contributed by atoms with E-state index in [4.69, 9.17) is 15.2 Å². The molecule has 0 radical (unpaired) electrons. The maximum atomic E-state index is 14.0. The molecule has 0 atom stereocenters. The fourth-order valence-corrected chi connectivity index (χ4v) is 3.75. The summed E-state index contributed by atoms with van der Waals surface area (Å²) in [5.74, 6) is -3.10. The number of carbonyl (C=O) groups excluding carboxylic acids is 3. The van der Waals surface area contributed by atoms with Gasteiger partial charge >= 0.3 is 5.97 Å². The van der Waals surface area contributed by atoms with Crippen LogP contribution in [0.15, 0.2) is 40.5 Å². The molecule has 0 aliphatic carbocycles. The summed E-state index contributed by atoms with van der Waals surface area (Å²) in [4.78, 5) is 48.6. The van der Waals surface area contributed by atoms with Crippen molar-refractivity contribution in [3.05, 3.63) is 67.9 Å². The molecule has 3 aromatic rings. The van der Waals surface area contributed by atoms with Crippen molar-refractivity contribution in [3.63, 3.8) is 0 Å². The van der Waals surface area contributed by atoms with Crippen LogP contribution in [0.5, 0.6) is 11.5 Å². The highest BCUT2D eigenvalue weighted by Crippen LogP contribution is 2.35. The molecule has 30 heavy (non-hydrogen) atoms. The summed E-state index contributed by atoms with van der Waals surface area (Å²) >= 11 is 1.07. The fourth-order valence-electron chi connectivity index (χ4n) is 3.02. The van der Waals surface area contributed by atoms with Gasteiger partial charge in [-0.25, -0.2) is 9.18 Å². The van der Waals surface area contributed by atoms with Crippen LogP contribution in [0.1, 0.15) is 30.4 Å². The molecule has 9 nitrogen and oxygen atoms in total. The molecular weight excluding hydrogens is 417 g/mol. The van der Waals surface area contributed by atoms with E-state index in [9.17, 15) is 23.6 Å². The van der Waals surface area contributed by atoms with Gasteiger partial charge in [-0.05, 0) is 23.6 Å². The van der Waals surface area contributed by atoms with Crippen LogP contribution in [0.25, 0.3) is 5.69 Å². The summed E-state index contributed by atoms with van der Waals surface area (Å²) in [5.41, 5.74) is 4.77. The van der Waals surface area contributed by atoms with Gasteiger partial charge in [0.25, 0.3) is 17.4 Å². The van der Waals surface area contributed by atoms with Gasteiger partial charge in [-0.15, -0.1) is 11.3 Å². The standard InChI is InChI=1S/C19H12FN3O6S/c1-28-19(27)15-12(4-5-30-15)29-11-3-2-8(20)6-10(11)23-13(24)7-9-14(16(23)21)18(26)22-17(9)25/h2-7H,21H2,1H3,(H,22,25,26). The van der Waals surface area contributed by atoms with Gasteiger partial charge in [-0.2, -0.15) is 0 Å². The molecular formula is C19H12FN3O6S. The van der Waals surface area contributed by atoms with Crippen LogP contribution in [-0.4, -0.2) is 29.5 Å². The van der Waals surface area contributed by atoms with Gasteiger partial charge in [0.2, 0.25) is 0 Å². The molecule has 152 valence electrons. The molecule has 0 fully saturated rings. The van der Waals surface area contributed by atoms with Crippen LogP contribution < -0.4 is 21.3 Å². The van der Waals surface area contributed by atoms with Crippen molar-refractivity contribution in [2.24, 2.45) is 0 Å². The monoisotopic (exact) mass is 429 g/mol. The number of anilines is 1. The number of nitrogens with two attached hydrogens (primary N) is 1. The Bertz CT molecular complexity index is 1300. The second-order valence-corrected chi connectivity index (χ2v) is 7.01. The van der Waals surface area contributed by atoms with Crippen molar-refractivity contribution >= 4 is 34.9 Å². The molecule has 0 unspecified atom stereocenters. The minimum atomic E-state index is -0.773. The van der Waals surface area contributed by atoms with Crippen molar-refractivity contribution in [2.45, 2.75) is 0 Å². The quantitative estimate of drug-likeness (QED) is 0.480. The predicted molar refractivity (Wildman–Crippen MR) is 104 cm³/mol. The number of esters is 1. The van der Waals surface area contributed by atoms with E-state index in [0.717, 1.165) is 34.1 Å². The first-order chi connectivity index (χ1) is 14.3. The van der Waals surface area contributed by atoms with E-state index in [1.54, 1.807) is 5.38 Å². The average Bonchev–Trinajstić information content (AvgIpc) is 3.27. The Labute approximate surface area is 171 Å². The van der Waals surface area contributed by atoms with Crippen LogP contribution in [0, 0.1) is 5.82 Å². The second-order valence-electron chi connectivity index (χ2n) is 6.09. The van der Waals surface area contributed by atoms with E-state index in [0.29, 0.717) is 0 Å². The predicted octanol–water partition coefficient (Wildman–Crippen LogP) is 2.08. The Morgan fingerprint density at radius 3 is 2.63 bits per heavy atom. The van der Waals surface area contributed by atoms with Gasteiger partial charge in [0, 0.05) is 12.1 Å². The van der Waals surface area contributed by atoms with E-state index < -0.39 is 29.2 Å². The number of rotatable bonds is 4. The summed E-state index contributed by atoms with van der Waals surface area (Å²) in [5, 5.41) is 3.65. The zero-order valence-corrected chi connectivity index (χ0v) is 16.0. The van der Waals surface area contributed by atoms with Gasteiger partial charge in [-0.3, -0.25) is 24.3 Å². The molecule has 0 saturated carbocycles. The molecule has 1 aliphatic heterocycles. The third kappa shape index (κ3) is 3.01. The lowest BCUT2D eigenvalue weighted by atomic mass is 10.1. The number of hydrogen-bond acceptors (Lipinski definition) is 8. The lowest BCUT2D eigenvalue weighted by molar-refractivity contribution is 0.0603. The zero-order valence-electron chi connectivity index (χ0n) is 15.2. The third-order valence-electron chi connectivity index (χ3n) is 4.34. The molecule has 1 aromatic carbocycles. The largest absolute Gasteiger partial charge is 0.465 e. The first-order valence-electron chi connectivity index (χ1n) is 8.36. The van der Waals surface area contributed by atoms with Crippen molar-refractivity contribution < 1.29 is 28.2 Å². The molecule has 0 bridgehead atoms. The topological polar surface area (TPSA) is 130 Å². The molecule has 2 aromatic heterocycles. The van der Waals surface area contributed by atoms with E-state index in [1.165, 1.54) is 19.2 Å². The first-order valence-corrected chi connectivity index (χ1v) is 9.24. The second kappa shape index (κ2) is 7.12. The number of ether oxygens (including phenoxy) is 2. The summed E-state index contributed by atoms with van der Waals surface area (Å²) in [6, 6.07) is 5.76. The molecule has 4 rings (SSSR count). The Balaban J connectivity index is 1.90. The number of fused-ring (bicyclic) bond motifs is 1. The summed E-state index contributed by atoms with van der Waals surface area (Å²) in [6.07, 6.45) is 0. The van der Waals surface area contributed by atoms with Crippen LogP contribution in [0.4, 0.5) is 10.2 Å². The molecule has 11 heteroatoms. The van der Waals surface area contributed by atoms with Gasteiger partial charge in [0.15, 0.2) is 16.4 Å². The summed E-state index contributed by atoms with van der Waals surface area (Å²) in [7, 11) is 1.21. The Kier molecular flexibility index (Phi) is 4.59. The maximum Gasteiger partial charge on any atom is 0.351 e. The van der Waals surface area contributed by atoms with E-state index in [-0.39, 0.29) is 39.0 Å². The molecule has 3 heterocycles. The number of halogens is 1. The SMILES string of the molecule is COC(=O)c1sccc1Oc1ccc(F)cc1-n1c(N)c2c(cc1=O)C(=O)NC2=O. The Morgan fingerprint density at radius 1 is 1.13 bits per heavy atom. The minimum absolute atomic E-state index is 0.0153. The van der Waals surface area contributed by atoms with Crippen LogP contribution in [0.2, 0.25) is 0 Å². The number of nitrogen functional groups attached to an aromatic ring is 1. The van der Waals surface area contributed by atoms with Crippen molar-refractivity contribution in [3.8, 4) is 17.2 Å². The number of thiophene rings is 1. The smallest absolute Gasteiger partial charge is 0.351 e. The number of amides is 2. The highest BCUT2D eigenvalue weighted by Gasteiger charge is 2.32. The van der Waals surface area contributed by atoms with E-state index >= 15 is 0 Å². The molecule has 3 N–H and O–H groups in total. The molecule has 1 aliphatic rings. The average molecular weight is 429 g/mol. The highest BCUT2D eigenvalue weighted by molar-refractivity contribution is 7.12. The van der Waals surface area contributed by atoms with Gasteiger partial charge in [-0.1, -0.05) is 0 Å². The summed E-state index contributed by atoms with van der Waals surface area (Å²) in [6.45, 7) is 0. The Hall–Kier alpha value is -3.99. The molecule has 0 spiro atoms. The number of nitrogens with one attached hydrogen (secondary N) is 1. The number of benzene rings is 1. The Morgan fingerprint density at radius 2 is 1.90 bits per heavy atom. The number of aromatic nitrogens is 1. The number of pyridine rings is 1. The van der Waals surface area contributed by atoms with Crippen LogP contribution in [-0.2, 0) is 4.74 Å². The van der Waals surface area contributed by atoms with Crippen LogP contribution in [0.3, 0.4) is 0 Å². The lowest BCUT2D eigenvalue weighted by Crippen LogP contribution is -2.24. The van der Waals surface area contributed by atoms with Crippen molar-refractivity contribution in [1.29, 1.82) is 0 Å². The number of carbonyl (C=O) groups is 3. The normalized spacial score (nSPS) is 12.5. The molecule has 0 saturated heterocycles. The first kappa shape index (κ1) is 19.3. The van der Waals surface area contributed by atoms with Crippen LogP contribution >= 0.6 is 11.3 Å². The van der Waals surface area contributed by atoms with Gasteiger partial charge in [0.05, 0.1) is 23.9 Å².